The molecule has 1 aromatic carbocycles. The van der Waals surface area contributed by atoms with Crippen molar-refractivity contribution in [2.45, 2.75) is 38.3 Å². The van der Waals surface area contributed by atoms with Crippen molar-refractivity contribution in [1.29, 1.82) is 0 Å². The summed E-state index contributed by atoms with van der Waals surface area (Å²) in [5.41, 5.74) is 0.899. The number of nitrogens with one attached hydrogen (secondary N) is 2. The maximum absolute atomic E-state index is 13.0. The van der Waals surface area contributed by atoms with Crippen LogP contribution in [0.25, 0.3) is 0 Å². The predicted octanol–water partition coefficient (Wildman–Crippen LogP) is 0.730. The first kappa shape index (κ1) is 24.0. The van der Waals surface area contributed by atoms with Crippen LogP contribution in [0.3, 0.4) is 0 Å². The molecule has 1 fully saturated rings. The van der Waals surface area contributed by atoms with Crippen LogP contribution in [-0.4, -0.2) is 73.3 Å². The average molecular weight is 459 g/mol. The number of ether oxygens (including phenoxy) is 3. The number of methoxy groups -OCH3 is 3. The van der Waals surface area contributed by atoms with E-state index < -0.39 is 6.04 Å². The smallest absolute Gasteiger partial charge is 0.324 e. The van der Waals surface area contributed by atoms with Gasteiger partial charge in [0.25, 0.3) is 0 Å². The molecule has 1 aliphatic heterocycles. The molecule has 0 saturated carbocycles. The van der Waals surface area contributed by atoms with Crippen molar-refractivity contribution in [3.05, 3.63) is 29.8 Å². The number of hydrogen-bond acceptors (Lipinski definition) is 9. The summed E-state index contributed by atoms with van der Waals surface area (Å²) in [6.07, 6.45) is 1.77. The van der Waals surface area contributed by atoms with Crippen molar-refractivity contribution in [2.24, 2.45) is 0 Å². The molecule has 11 heteroatoms. The van der Waals surface area contributed by atoms with Gasteiger partial charge >= 0.3 is 12.0 Å². The fourth-order valence-electron chi connectivity index (χ4n) is 3.67. The lowest BCUT2D eigenvalue weighted by Crippen LogP contribution is -2.52. The van der Waals surface area contributed by atoms with Gasteiger partial charge in [-0.05, 0) is 30.5 Å². The first-order valence-corrected chi connectivity index (χ1v) is 10.7. The number of piperidine rings is 1. The van der Waals surface area contributed by atoms with Crippen LogP contribution >= 0.6 is 0 Å². The van der Waals surface area contributed by atoms with Gasteiger partial charge in [0, 0.05) is 32.5 Å². The number of carbonyl (C=O) groups is 2. The van der Waals surface area contributed by atoms with Gasteiger partial charge in [0.2, 0.25) is 17.8 Å². The first-order chi connectivity index (χ1) is 15.9. The molecule has 0 unspecified atom stereocenters. The highest BCUT2D eigenvalue weighted by Crippen LogP contribution is 2.20. The molecule has 2 aromatic rings. The third kappa shape index (κ3) is 6.67. The molecule has 0 spiro atoms. The van der Waals surface area contributed by atoms with Gasteiger partial charge in [0.05, 0.1) is 21.3 Å². The monoisotopic (exact) mass is 458 g/mol. The zero-order valence-corrected chi connectivity index (χ0v) is 19.3. The number of benzene rings is 1. The molecule has 0 aliphatic carbocycles. The second kappa shape index (κ2) is 11.3. The fraction of sp³-hybridized carbons (Fsp3) is 0.500. The zero-order valence-electron chi connectivity index (χ0n) is 19.3. The first-order valence-electron chi connectivity index (χ1n) is 10.7. The van der Waals surface area contributed by atoms with Crippen LogP contribution in [0.5, 0.6) is 17.8 Å². The van der Waals surface area contributed by atoms with E-state index in [1.807, 2.05) is 29.2 Å². The maximum atomic E-state index is 13.0. The summed E-state index contributed by atoms with van der Waals surface area (Å²) in [6.45, 7) is 2.69. The van der Waals surface area contributed by atoms with E-state index in [0.717, 1.165) is 5.56 Å². The van der Waals surface area contributed by atoms with Gasteiger partial charge < -0.3 is 29.7 Å². The van der Waals surface area contributed by atoms with Gasteiger partial charge in [0.1, 0.15) is 11.8 Å². The van der Waals surface area contributed by atoms with Crippen LogP contribution < -0.4 is 29.7 Å². The third-order valence-corrected chi connectivity index (χ3v) is 5.34. The van der Waals surface area contributed by atoms with Crippen molar-refractivity contribution < 1.29 is 23.8 Å². The van der Waals surface area contributed by atoms with Gasteiger partial charge in [0.15, 0.2) is 0 Å². The Morgan fingerprint density at radius 1 is 1.06 bits per heavy atom. The van der Waals surface area contributed by atoms with Crippen molar-refractivity contribution in [3.63, 3.8) is 0 Å². The van der Waals surface area contributed by atoms with E-state index in [-0.39, 0.29) is 29.9 Å². The number of nitrogens with zero attached hydrogens (tertiary/aromatic N) is 4. The molecule has 0 bridgehead atoms. The molecule has 2 amide bonds. The summed E-state index contributed by atoms with van der Waals surface area (Å²) >= 11 is 0. The third-order valence-electron chi connectivity index (χ3n) is 5.34. The second-order valence-corrected chi connectivity index (χ2v) is 7.69. The van der Waals surface area contributed by atoms with E-state index >= 15 is 0 Å². The van der Waals surface area contributed by atoms with Crippen LogP contribution in [0, 0.1) is 0 Å². The molecule has 11 nitrogen and oxygen atoms in total. The molecule has 178 valence electrons. The lowest BCUT2D eigenvalue weighted by molar-refractivity contribution is -0.128. The lowest BCUT2D eigenvalue weighted by atomic mass is 10.0. The molecular formula is C22H30N6O5. The second-order valence-electron chi connectivity index (χ2n) is 7.69. The number of amides is 2. The molecule has 1 aliphatic rings. The summed E-state index contributed by atoms with van der Waals surface area (Å²) in [6, 6.07) is 7.12. The van der Waals surface area contributed by atoms with E-state index in [0.29, 0.717) is 44.0 Å². The number of anilines is 1. The van der Waals surface area contributed by atoms with Gasteiger partial charge in [-0.2, -0.15) is 9.97 Å². The summed E-state index contributed by atoms with van der Waals surface area (Å²) in [5, 5.41) is 5.83. The highest BCUT2D eigenvalue weighted by atomic mass is 16.5. The molecule has 1 aromatic heterocycles. The Morgan fingerprint density at radius 3 is 2.30 bits per heavy atom. The SMILES string of the molecule is COc1cccc(C[C@H](NC(C)=O)C(=O)NC2CCN(c3nc(OC)nc(OC)n3)CC2)c1. The minimum absolute atomic E-state index is 0.0269. The normalized spacial score (nSPS) is 14.8. The standard InChI is InChI=1S/C22H30N6O5/c1-14(29)23-18(13-15-6-5-7-17(12-15)31-2)19(30)24-16-8-10-28(11-9-16)20-25-21(32-3)27-22(26-20)33-4/h5-7,12,16,18H,8-11,13H2,1-4H3,(H,23,29)(H,24,30)/t18-/m0/s1. The number of rotatable bonds is 9. The zero-order chi connectivity index (χ0) is 23.8. The topological polar surface area (TPSA) is 128 Å². The van der Waals surface area contributed by atoms with E-state index in [4.69, 9.17) is 14.2 Å². The van der Waals surface area contributed by atoms with Crippen LogP contribution in [0.4, 0.5) is 5.95 Å². The van der Waals surface area contributed by atoms with E-state index in [1.54, 1.807) is 7.11 Å². The minimum Gasteiger partial charge on any atom is -0.497 e. The molecule has 2 heterocycles. The Hall–Kier alpha value is -3.63. The number of hydrogen-bond donors (Lipinski definition) is 2. The fourth-order valence-corrected chi connectivity index (χ4v) is 3.67. The molecule has 3 rings (SSSR count). The van der Waals surface area contributed by atoms with E-state index in [9.17, 15) is 9.59 Å². The summed E-state index contributed by atoms with van der Waals surface area (Å²) in [5.74, 6) is 0.701. The molecule has 2 N–H and O–H groups in total. The predicted molar refractivity (Wildman–Crippen MR) is 121 cm³/mol. The van der Waals surface area contributed by atoms with Crippen LogP contribution in [0.15, 0.2) is 24.3 Å². The Balaban J connectivity index is 1.60. The Labute approximate surface area is 192 Å². The maximum Gasteiger partial charge on any atom is 0.324 e. The van der Waals surface area contributed by atoms with Gasteiger partial charge in [-0.15, -0.1) is 4.98 Å². The van der Waals surface area contributed by atoms with E-state index in [1.165, 1.54) is 21.1 Å². The Kier molecular flexibility index (Phi) is 8.22. The highest BCUT2D eigenvalue weighted by Gasteiger charge is 2.27. The van der Waals surface area contributed by atoms with Crippen LogP contribution in [0.2, 0.25) is 0 Å². The van der Waals surface area contributed by atoms with Crippen molar-refractivity contribution in [1.82, 2.24) is 25.6 Å². The number of carbonyl (C=O) groups excluding carboxylic acids is 2. The van der Waals surface area contributed by atoms with Crippen molar-refractivity contribution >= 4 is 17.8 Å². The lowest BCUT2D eigenvalue weighted by Gasteiger charge is -2.33. The van der Waals surface area contributed by atoms with E-state index in [2.05, 4.69) is 25.6 Å². The van der Waals surface area contributed by atoms with Gasteiger partial charge in [-0.1, -0.05) is 12.1 Å². The quantitative estimate of drug-likeness (QED) is 0.559. The molecule has 33 heavy (non-hydrogen) atoms. The van der Waals surface area contributed by atoms with Gasteiger partial charge in [-0.25, -0.2) is 0 Å². The highest BCUT2D eigenvalue weighted by molar-refractivity contribution is 5.87. The molecular weight excluding hydrogens is 428 g/mol. The molecule has 1 atom stereocenters. The molecule has 0 radical (unpaired) electrons. The van der Waals surface area contributed by atoms with Crippen molar-refractivity contribution in [3.8, 4) is 17.8 Å². The van der Waals surface area contributed by atoms with Crippen molar-refractivity contribution in [2.75, 3.05) is 39.3 Å². The molecule has 1 saturated heterocycles. The van der Waals surface area contributed by atoms with Crippen LogP contribution in [0.1, 0.15) is 25.3 Å². The van der Waals surface area contributed by atoms with Crippen LogP contribution in [-0.2, 0) is 16.0 Å². The minimum atomic E-state index is -0.676. The Morgan fingerprint density at radius 2 is 1.73 bits per heavy atom. The number of aromatic nitrogens is 3. The summed E-state index contributed by atoms with van der Waals surface area (Å²) in [4.78, 5) is 39.3. The average Bonchev–Trinajstić information content (AvgIpc) is 2.83. The summed E-state index contributed by atoms with van der Waals surface area (Å²) < 4.78 is 15.5. The Bertz CT molecular complexity index is 942. The van der Waals surface area contributed by atoms with Gasteiger partial charge in [-0.3, -0.25) is 9.59 Å². The largest absolute Gasteiger partial charge is 0.497 e. The summed E-state index contributed by atoms with van der Waals surface area (Å²) in [7, 11) is 4.56.